The molecule has 1 aliphatic heterocycles. The molecule has 1 saturated heterocycles. The van der Waals surface area contributed by atoms with E-state index in [9.17, 15) is 0 Å². The number of benzene rings is 1. The van der Waals surface area contributed by atoms with E-state index in [1.54, 1.807) is 0 Å². The Bertz CT molecular complexity index is 381. The van der Waals surface area contributed by atoms with E-state index in [1.807, 2.05) is 0 Å². The van der Waals surface area contributed by atoms with Crippen LogP contribution < -0.4 is 10.6 Å². The van der Waals surface area contributed by atoms with Gasteiger partial charge in [0.2, 0.25) is 0 Å². The third kappa shape index (κ3) is 3.21. The summed E-state index contributed by atoms with van der Waals surface area (Å²) >= 11 is 3.59. The second kappa shape index (κ2) is 5.85. The second-order valence-electron chi connectivity index (χ2n) is 4.62. The first kappa shape index (κ1) is 12.9. The van der Waals surface area contributed by atoms with Gasteiger partial charge in [0.1, 0.15) is 0 Å². The van der Waals surface area contributed by atoms with Crippen molar-refractivity contribution in [3.05, 3.63) is 28.2 Å². The van der Waals surface area contributed by atoms with Gasteiger partial charge < -0.3 is 15.5 Å². The number of likely N-dealkylation sites (N-methyl/N-ethyl adjacent to an activating group) is 1. The summed E-state index contributed by atoms with van der Waals surface area (Å²) in [6.45, 7) is 5.15. The molecule has 0 unspecified atom stereocenters. The number of hydrogen-bond donors (Lipinski definition) is 1. The average Bonchev–Trinajstić information content (AvgIpc) is 2.54. The van der Waals surface area contributed by atoms with E-state index in [4.69, 9.17) is 5.73 Å². The Morgan fingerprint density at radius 1 is 1.24 bits per heavy atom. The highest BCUT2D eigenvalue weighted by atomic mass is 79.9. The van der Waals surface area contributed by atoms with Crippen LogP contribution in [-0.4, -0.2) is 38.1 Å². The maximum atomic E-state index is 5.67. The largest absolute Gasteiger partial charge is 0.370 e. The minimum atomic E-state index is 0.587. The molecular formula is C13H20BrN3. The van der Waals surface area contributed by atoms with Crippen molar-refractivity contribution in [2.24, 2.45) is 5.73 Å². The van der Waals surface area contributed by atoms with Crippen LogP contribution in [0.5, 0.6) is 0 Å². The van der Waals surface area contributed by atoms with Crippen molar-refractivity contribution in [2.45, 2.75) is 13.0 Å². The molecule has 1 aromatic rings. The smallest absolute Gasteiger partial charge is 0.0378 e. The summed E-state index contributed by atoms with van der Waals surface area (Å²) in [6.07, 6.45) is 1.23. The van der Waals surface area contributed by atoms with Gasteiger partial charge in [0.05, 0.1) is 0 Å². The Hall–Kier alpha value is -0.580. The van der Waals surface area contributed by atoms with Crippen LogP contribution in [0, 0.1) is 0 Å². The minimum absolute atomic E-state index is 0.587. The predicted octanol–water partition coefficient (Wildman–Crippen LogP) is 2.05. The highest BCUT2D eigenvalue weighted by Gasteiger charge is 2.13. The van der Waals surface area contributed by atoms with Gasteiger partial charge in [0, 0.05) is 36.3 Å². The van der Waals surface area contributed by atoms with Crippen LogP contribution in [0.15, 0.2) is 22.7 Å². The summed E-state index contributed by atoms with van der Waals surface area (Å²) in [5.74, 6) is 0. The number of nitrogens with two attached hydrogens (primary N) is 1. The number of rotatable bonds is 2. The lowest BCUT2D eigenvalue weighted by molar-refractivity contribution is 0.360. The van der Waals surface area contributed by atoms with Crippen LogP contribution in [0.4, 0.5) is 5.69 Å². The molecule has 0 saturated carbocycles. The molecule has 0 spiro atoms. The molecule has 0 aromatic heterocycles. The lowest BCUT2D eigenvalue weighted by Gasteiger charge is -2.23. The first-order valence-electron chi connectivity index (χ1n) is 6.12. The fourth-order valence-electron chi connectivity index (χ4n) is 2.20. The molecule has 0 amide bonds. The van der Waals surface area contributed by atoms with Gasteiger partial charge in [-0.3, -0.25) is 0 Å². The quantitative estimate of drug-likeness (QED) is 0.907. The molecule has 94 valence electrons. The van der Waals surface area contributed by atoms with Gasteiger partial charge in [-0.25, -0.2) is 0 Å². The normalized spacial score (nSPS) is 18.2. The molecule has 1 aliphatic rings. The molecule has 1 heterocycles. The van der Waals surface area contributed by atoms with E-state index < -0.39 is 0 Å². The third-order valence-electron chi connectivity index (χ3n) is 3.34. The molecule has 0 atom stereocenters. The molecule has 2 rings (SSSR count). The average molecular weight is 298 g/mol. The van der Waals surface area contributed by atoms with E-state index >= 15 is 0 Å². The third-order valence-corrected chi connectivity index (χ3v) is 4.08. The highest BCUT2D eigenvalue weighted by molar-refractivity contribution is 9.10. The fourth-order valence-corrected chi connectivity index (χ4v) is 2.73. The molecule has 2 N–H and O–H groups in total. The van der Waals surface area contributed by atoms with Crippen LogP contribution in [-0.2, 0) is 6.54 Å². The molecule has 1 aromatic carbocycles. The molecule has 3 nitrogen and oxygen atoms in total. The van der Waals surface area contributed by atoms with Crippen LogP contribution in [0.1, 0.15) is 12.0 Å². The van der Waals surface area contributed by atoms with Crippen LogP contribution in [0.3, 0.4) is 0 Å². The van der Waals surface area contributed by atoms with E-state index in [0.717, 1.165) is 24.1 Å². The van der Waals surface area contributed by atoms with Gasteiger partial charge >= 0.3 is 0 Å². The number of halogens is 1. The highest BCUT2D eigenvalue weighted by Crippen LogP contribution is 2.24. The van der Waals surface area contributed by atoms with Crippen LogP contribution >= 0.6 is 15.9 Å². The summed E-state index contributed by atoms with van der Waals surface area (Å²) in [7, 11) is 2.19. The summed E-state index contributed by atoms with van der Waals surface area (Å²) in [4.78, 5) is 4.85. The molecule has 4 heteroatoms. The van der Waals surface area contributed by atoms with Gasteiger partial charge in [-0.1, -0.05) is 22.0 Å². The van der Waals surface area contributed by atoms with Crippen molar-refractivity contribution in [2.75, 3.05) is 38.1 Å². The fraction of sp³-hybridized carbons (Fsp3) is 0.538. The zero-order valence-corrected chi connectivity index (χ0v) is 11.9. The Morgan fingerprint density at radius 3 is 2.76 bits per heavy atom. The zero-order valence-electron chi connectivity index (χ0n) is 10.3. The van der Waals surface area contributed by atoms with Gasteiger partial charge in [-0.2, -0.15) is 0 Å². The van der Waals surface area contributed by atoms with Crippen molar-refractivity contribution in [3.8, 4) is 0 Å². The predicted molar refractivity (Wildman–Crippen MR) is 76.4 cm³/mol. The lowest BCUT2D eigenvalue weighted by Crippen LogP contribution is -2.28. The van der Waals surface area contributed by atoms with Crippen LogP contribution in [0.25, 0.3) is 0 Å². The SMILES string of the molecule is CN1CCCN(c2ccc(CN)c(Br)c2)CC1. The first-order chi connectivity index (χ1) is 8.20. The van der Waals surface area contributed by atoms with E-state index in [1.165, 1.54) is 24.2 Å². The standard InChI is InChI=1S/C13H20BrN3/c1-16-5-2-6-17(8-7-16)12-4-3-11(10-15)13(14)9-12/h3-4,9H,2,5-8,10,15H2,1H3. The number of nitrogens with zero attached hydrogens (tertiary/aromatic N) is 2. The minimum Gasteiger partial charge on any atom is -0.370 e. The molecule has 1 fully saturated rings. The Balaban J connectivity index is 2.13. The van der Waals surface area contributed by atoms with Crippen molar-refractivity contribution in [1.29, 1.82) is 0 Å². The van der Waals surface area contributed by atoms with E-state index in [0.29, 0.717) is 6.54 Å². The molecule has 0 aliphatic carbocycles. The van der Waals surface area contributed by atoms with Gasteiger partial charge in [-0.05, 0) is 37.7 Å². The molecular weight excluding hydrogens is 278 g/mol. The Kier molecular flexibility index (Phi) is 4.42. The van der Waals surface area contributed by atoms with Crippen molar-refractivity contribution in [3.63, 3.8) is 0 Å². The van der Waals surface area contributed by atoms with Gasteiger partial charge in [-0.15, -0.1) is 0 Å². The lowest BCUT2D eigenvalue weighted by atomic mass is 10.2. The topological polar surface area (TPSA) is 32.5 Å². The second-order valence-corrected chi connectivity index (χ2v) is 5.48. The summed E-state index contributed by atoms with van der Waals surface area (Å²) in [6, 6.07) is 6.49. The molecule has 0 radical (unpaired) electrons. The van der Waals surface area contributed by atoms with Crippen molar-refractivity contribution < 1.29 is 0 Å². The van der Waals surface area contributed by atoms with Gasteiger partial charge in [0.15, 0.2) is 0 Å². The number of anilines is 1. The number of hydrogen-bond acceptors (Lipinski definition) is 3. The summed E-state index contributed by atoms with van der Waals surface area (Å²) in [5.41, 5.74) is 8.14. The maximum Gasteiger partial charge on any atom is 0.0378 e. The Labute approximate surface area is 112 Å². The van der Waals surface area contributed by atoms with Crippen molar-refractivity contribution >= 4 is 21.6 Å². The zero-order chi connectivity index (χ0) is 12.3. The van der Waals surface area contributed by atoms with E-state index in [2.05, 4.69) is 51.0 Å². The summed E-state index contributed by atoms with van der Waals surface area (Å²) in [5, 5.41) is 0. The van der Waals surface area contributed by atoms with Gasteiger partial charge in [0.25, 0.3) is 0 Å². The van der Waals surface area contributed by atoms with Crippen LogP contribution in [0.2, 0.25) is 0 Å². The first-order valence-corrected chi connectivity index (χ1v) is 6.92. The van der Waals surface area contributed by atoms with Crippen molar-refractivity contribution in [1.82, 2.24) is 4.90 Å². The maximum absolute atomic E-state index is 5.67. The monoisotopic (exact) mass is 297 g/mol. The molecule has 0 bridgehead atoms. The molecule has 17 heavy (non-hydrogen) atoms. The summed E-state index contributed by atoms with van der Waals surface area (Å²) < 4.78 is 1.12. The Morgan fingerprint density at radius 2 is 2.06 bits per heavy atom. The van der Waals surface area contributed by atoms with E-state index in [-0.39, 0.29) is 0 Å².